The third kappa shape index (κ3) is 1.31. The van der Waals surface area contributed by atoms with Crippen molar-refractivity contribution in [1.29, 1.82) is 0 Å². The van der Waals surface area contributed by atoms with Crippen LogP contribution in [0.2, 0.25) is 0 Å². The van der Waals surface area contributed by atoms with E-state index in [-0.39, 0.29) is 5.82 Å². The molecule has 0 saturated heterocycles. The molecule has 2 rings (SSSR count). The van der Waals surface area contributed by atoms with Gasteiger partial charge in [0.25, 0.3) is 0 Å². The van der Waals surface area contributed by atoms with Gasteiger partial charge >= 0.3 is 0 Å². The molecule has 0 saturated carbocycles. The summed E-state index contributed by atoms with van der Waals surface area (Å²) in [5, 5.41) is 10.2. The van der Waals surface area contributed by atoms with Crippen molar-refractivity contribution >= 4 is 10.8 Å². The fourth-order valence-electron chi connectivity index (χ4n) is 1.40. The first kappa shape index (κ1) is 8.94. The molecule has 1 N–H and O–H groups in total. The summed E-state index contributed by atoms with van der Waals surface area (Å²) >= 11 is 0. The van der Waals surface area contributed by atoms with Crippen molar-refractivity contribution in [3.05, 3.63) is 41.5 Å². The molecule has 0 aliphatic carbocycles. The molecule has 3 heteroatoms. The molecule has 0 radical (unpaired) electrons. The first-order valence-electron chi connectivity index (χ1n) is 4.16. The van der Waals surface area contributed by atoms with Gasteiger partial charge in [-0.2, -0.15) is 0 Å². The fraction of sp³-hybridized carbons (Fsp3) is 0.0909. The lowest BCUT2D eigenvalue weighted by Crippen LogP contribution is -1.84. The Morgan fingerprint density at radius 2 is 1.50 bits per heavy atom. The number of aromatic hydroxyl groups is 1. The average molecular weight is 194 g/mol. The first-order chi connectivity index (χ1) is 6.58. The molecule has 0 aromatic heterocycles. The highest BCUT2D eigenvalue weighted by molar-refractivity contribution is 5.84. The summed E-state index contributed by atoms with van der Waals surface area (Å²) in [6, 6.07) is 5.24. The number of phenols is 1. The highest BCUT2D eigenvalue weighted by Crippen LogP contribution is 2.25. The standard InChI is InChI=1S/C11H8F2O/c1-6-2-7-4-10(13)11(14)5-8(7)3-9(6)12/h2-5,14H,1H3. The van der Waals surface area contributed by atoms with Crippen molar-refractivity contribution in [2.45, 2.75) is 6.92 Å². The van der Waals surface area contributed by atoms with Crippen LogP contribution in [0.4, 0.5) is 8.78 Å². The van der Waals surface area contributed by atoms with Crippen molar-refractivity contribution < 1.29 is 13.9 Å². The van der Waals surface area contributed by atoms with Crippen LogP contribution in [0.5, 0.6) is 5.75 Å². The van der Waals surface area contributed by atoms with E-state index in [1.54, 1.807) is 13.0 Å². The van der Waals surface area contributed by atoms with E-state index in [0.717, 1.165) is 0 Å². The number of rotatable bonds is 0. The molecule has 0 amide bonds. The van der Waals surface area contributed by atoms with E-state index in [0.29, 0.717) is 16.3 Å². The lowest BCUT2D eigenvalue weighted by Gasteiger charge is -2.02. The smallest absolute Gasteiger partial charge is 0.165 e. The van der Waals surface area contributed by atoms with Crippen LogP contribution in [0.25, 0.3) is 10.8 Å². The minimum atomic E-state index is -0.691. The molecule has 2 aromatic carbocycles. The number of hydrogen-bond donors (Lipinski definition) is 1. The van der Waals surface area contributed by atoms with Gasteiger partial charge in [0.1, 0.15) is 5.82 Å². The van der Waals surface area contributed by atoms with Gasteiger partial charge in [-0.1, -0.05) is 0 Å². The molecule has 0 fully saturated rings. The Balaban J connectivity index is 2.83. The van der Waals surface area contributed by atoms with Crippen LogP contribution in [0.3, 0.4) is 0 Å². The maximum atomic E-state index is 13.1. The molecule has 0 aliphatic heterocycles. The highest BCUT2D eigenvalue weighted by atomic mass is 19.1. The molecule has 0 aliphatic rings. The van der Waals surface area contributed by atoms with Crippen LogP contribution < -0.4 is 0 Å². The quantitative estimate of drug-likeness (QED) is 0.683. The summed E-state index contributed by atoms with van der Waals surface area (Å²) in [7, 11) is 0. The van der Waals surface area contributed by atoms with E-state index in [2.05, 4.69) is 0 Å². The Morgan fingerprint density at radius 3 is 2.21 bits per heavy atom. The third-order valence-electron chi connectivity index (χ3n) is 2.18. The van der Waals surface area contributed by atoms with E-state index in [1.165, 1.54) is 18.2 Å². The van der Waals surface area contributed by atoms with Crippen molar-refractivity contribution in [3.8, 4) is 5.75 Å². The number of hydrogen-bond acceptors (Lipinski definition) is 1. The fourth-order valence-corrected chi connectivity index (χ4v) is 1.40. The molecule has 72 valence electrons. The van der Waals surface area contributed by atoms with E-state index >= 15 is 0 Å². The number of halogens is 2. The van der Waals surface area contributed by atoms with E-state index < -0.39 is 11.6 Å². The van der Waals surface area contributed by atoms with Crippen molar-refractivity contribution in [2.75, 3.05) is 0 Å². The monoisotopic (exact) mass is 194 g/mol. The Morgan fingerprint density at radius 1 is 0.929 bits per heavy atom. The van der Waals surface area contributed by atoms with Gasteiger partial charge in [-0.05, 0) is 47.5 Å². The number of benzene rings is 2. The number of fused-ring (bicyclic) bond motifs is 1. The molecule has 0 heterocycles. The van der Waals surface area contributed by atoms with Crippen LogP contribution in [0.1, 0.15) is 5.56 Å². The van der Waals surface area contributed by atoms with E-state index in [9.17, 15) is 8.78 Å². The highest BCUT2D eigenvalue weighted by Gasteiger charge is 2.05. The molecule has 0 spiro atoms. The largest absolute Gasteiger partial charge is 0.505 e. The Labute approximate surface area is 79.6 Å². The third-order valence-corrected chi connectivity index (χ3v) is 2.18. The molecule has 0 bridgehead atoms. The Bertz CT molecular complexity index is 417. The molecule has 0 unspecified atom stereocenters. The summed E-state index contributed by atoms with van der Waals surface area (Å²) in [5.41, 5.74) is 0.461. The Hall–Kier alpha value is -1.64. The van der Waals surface area contributed by atoms with Crippen LogP contribution in [0.15, 0.2) is 24.3 Å². The summed E-state index contributed by atoms with van der Waals surface area (Å²) in [6.45, 7) is 1.61. The zero-order chi connectivity index (χ0) is 10.3. The second-order valence-electron chi connectivity index (χ2n) is 3.25. The van der Waals surface area contributed by atoms with Crippen LogP contribution in [0, 0.1) is 18.6 Å². The van der Waals surface area contributed by atoms with Gasteiger partial charge in [-0.15, -0.1) is 0 Å². The second kappa shape index (κ2) is 2.94. The number of aryl methyl sites for hydroxylation is 1. The van der Waals surface area contributed by atoms with E-state index in [1.807, 2.05) is 0 Å². The van der Waals surface area contributed by atoms with E-state index in [4.69, 9.17) is 5.11 Å². The van der Waals surface area contributed by atoms with Crippen molar-refractivity contribution in [2.24, 2.45) is 0 Å². The average Bonchev–Trinajstić information content (AvgIpc) is 2.11. The number of phenolic OH excluding ortho intramolecular Hbond substituents is 1. The minimum absolute atomic E-state index is 0.358. The van der Waals surface area contributed by atoms with Gasteiger partial charge < -0.3 is 5.11 Å². The second-order valence-corrected chi connectivity index (χ2v) is 3.25. The predicted molar refractivity (Wildman–Crippen MR) is 50.3 cm³/mol. The topological polar surface area (TPSA) is 20.2 Å². The molecule has 1 nitrogen and oxygen atoms in total. The lowest BCUT2D eigenvalue weighted by atomic mass is 10.1. The first-order valence-corrected chi connectivity index (χ1v) is 4.16. The molecular formula is C11H8F2O. The van der Waals surface area contributed by atoms with Gasteiger partial charge in [0.15, 0.2) is 11.6 Å². The summed E-state index contributed by atoms with van der Waals surface area (Å²) in [6.07, 6.45) is 0. The van der Waals surface area contributed by atoms with Crippen molar-refractivity contribution in [3.63, 3.8) is 0 Å². The Kier molecular flexibility index (Phi) is 1.88. The normalized spacial score (nSPS) is 10.8. The van der Waals surface area contributed by atoms with Gasteiger partial charge in [-0.25, -0.2) is 8.78 Å². The maximum absolute atomic E-state index is 13.1. The van der Waals surface area contributed by atoms with Gasteiger partial charge in [0, 0.05) is 0 Å². The molecule has 0 atom stereocenters. The van der Waals surface area contributed by atoms with Crippen molar-refractivity contribution in [1.82, 2.24) is 0 Å². The summed E-state index contributed by atoms with van der Waals surface area (Å²) in [4.78, 5) is 0. The predicted octanol–water partition coefficient (Wildman–Crippen LogP) is 3.13. The molecule has 14 heavy (non-hydrogen) atoms. The minimum Gasteiger partial charge on any atom is -0.505 e. The lowest BCUT2D eigenvalue weighted by molar-refractivity contribution is 0.433. The maximum Gasteiger partial charge on any atom is 0.165 e. The van der Waals surface area contributed by atoms with Gasteiger partial charge in [0.2, 0.25) is 0 Å². The van der Waals surface area contributed by atoms with Crippen LogP contribution in [-0.2, 0) is 0 Å². The molecule has 2 aromatic rings. The zero-order valence-corrected chi connectivity index (χ0v) is 7.51. The van der Waals surface area contributed by atoms with Crippen LogP contribution >= 0.6 is 0 Å². The van der Waals surface area contributed by atoms with Gasteiger partial charge in [0.05, 0.1) is 0 Å². The molecular weight excluding hydrogens is 186 g/mol. The van der Waals surface area contributed by atoms with Gasteiger partial charge in [-0.3, -0.25) is 0 Å². The zero-order valence-electron chi connectivity index (χ0n) is 7.51. The van der Waals surface area contributed by atoms with Crippen LogP contribution in [-0.4, -0.2) is 5.11 Å². The SMILES string of the molecule is Cc1cc2cc(F)c(O)cc2cc1F. The summed E-state index contributed by atoms with van der Waals surface area (Å²) < 4.78 is 26.0. The summed E-state index contributed by atoms with van der Waals surface area (Å²) in [5.74, 6) is -1.51.